The molecule has 0 spiro atoms. The van der Waals surface area contributed by atoms with Gasteiger partial charge in [0.1, 0.15) is 6.10 Å². The Labute approximate surface area is 75.5 Å². The molecule has 4 nitrogen and oxygen atoms in total. The van der Waals surface area contributed by atoms with Crippen molar-refractivity contribution in [3.05, 3.63) is 23.8 Å². The van der Waals surface area contributed by atoms with Crippen LogP contribution in [0, 0.1) is 0 Å². The highest BCUT2D eigenvalue weighted by Gasteiger charge is 2.21. The molecule has 0 saturated heterocycles. The van der Waals surface area contributed by atoms with Gasteiger partial charge in [0.25, 0.3) is 0 Å². The van der Waals surface area contributed by atoms with Gasteiger partial charge < -0.3 is 9.84 Å². The molecule has 0 bridgehead atoms. The third kappa shape index (κ3) is 2.26. The zero-order valence-corrected chi connectivity index (χ0v) is 7.19. The maximum Gasteiger partial charge on any atom is 0.331 e. The van der Waals surface area contributed by atoms with Crippen LogP contribution in [0.4, 0.5) is 0 Å². The summed E-state index contributed by atoms with van der Waals surface area (Å²) < 4.78 is 4.35. The summed E-state index contributed by atoms with van der Waals surface area (Å²) in [5.41, 5.74) is 0.186. The van der Waals surface area contributed by atoms with Gasteiger partial charge in [-0.25, -0.2) is 4.79 Å². The van der Waals surface area contributed by atoms with Crippen LogP contribution in [-0.2, 0) is 14.3 Å². The predicted molar refractivity (Wildman–Crippen MR) is 44.9 cm³/mol. The van der Waals surface area contributed by atoms with Crippen molar-refractivity contribution >= 4 is 11.8 Å². The molecule has 1 aliphatic carbocycles. The number of carbonyl (C=O) groups is 2. The normalized spacial score (nSPS) is 24.9. The topological polar surface area (TPSA) is 63.6 Å². The molecule has 0 fully saturated rings. The predicted octanol–water partition coefficient (Wildman–Crippen LogP) is -0.0243. The van der Waals surface area contributed by atoms with Crippen molar-refractivity contribution in [1.82, 2.24) is 0 Å². The molecule has 0 heterocycles. The summed E-state index contributed by atoms with van der Waals surface area (Å²) in [5, 5.41) is 9.14. The fraction of sp³-hybridized carbons (Fsp3) is 0.333. The van der Waals surface area contributed by atoms with Crippen LogP contribution in [0.2, 0.25) is 0 Å². The second kappa shape index (κ2) is 4.00. The number of Topliss-reactive ketones (excluding diaryl/α,β-unsaturated/α-hetero) is 1. The Hall–Kier alpha value is -1.42. The summed E-state index contributed by atoms with van der Waals surface area (Å²) in [6.45, 7) is 0. The first kappa shape index (κ1) is 9.67. The van der Waals surface area contributed by atoms with Crippen LogP contribution in [0.5, 0.6) is 0 Å². The van der Waals surface area contributed by atoms with Crippen LogP contribution in [0.25, 0.3) is 0 Å². The molecular formula is C9H10O4. The van der Waals surface area contributed by atoms with Gasteiger partial charge >= 0.3 is 5.97 Å². The smallest absolute Gasteiger partial charge is 0.331 e. The van der Waals surface area contributed by atoms with E-state index >= 15 is 0 Å². The van der Waals surface area contributed by atoms with Gasteiger partial charge in [0.15, 0.2) is 5.78 Å². The van der Waals surface area contributed by atoms with Crippen LogP contribution in [-0.4, -0.2) is 30.1 Å². The molecule has 4 heteroatoms. The number of carbonyl (C=O) groups excluding carboxylic acids is 2. The third-order valence-electron chi connectivity index (χ3n) is 1.72. The van der Waals surface area contributed by atoms with Gasteiger partial charge in [-0.2, -0.15) is 0 Å². The molecule has 0 aromatic heterocycles. The molecule has 1 N–H and O–H groups in total. The van der Waals surface area contributed by atoms with E-state index in [1.54, 1.807) is 6.08 Å². The Morgan fingerprint density at radius 3 is 3.08 bits per heavy atom. The maximum atomic E-state index is 11.2. The molecule has 0 amide bonds. The van der Waals surface area contributed by atoms with Crippen LogP contribution < -0.4 is 0 Å². The van der Waals surface area contributed by atoms with Gasteiger partial charge in [0.2, 0.25) is 0 Å². The molecule has 0 aromatic carbocycles. The molecule has 0 aromatic rings. The van der Waals surface area contributed by atoms with Crippen molar-refractivity contribution in [3.8, 4) is 0 Å². The molecule has 1 atom stereocenters. The highest BCUT2D eigenvalue weighted by atomic mass is 16.5. The minimum absolute atomic E-state index is 0.186. The largest absolute Gasteiger partial charge is 0.466 e. The van der Waals surface area contributed by atoms with Crippen molar-refractivity contribution in [3.63, 3.8) is 0 Å². The van der Waals surface area contributed by atoms with Gasteiger partial charge in [-0.1, -0.05) is 12.2 Å². The number of esters is 1. The van der Waals surface area contributed by atoms with Crippen molar-refractivity contribution in [1.29, 1.82) is 0 Å². The monoisotopic (exact) mass is 182 g/mol. The first-order chi connectivity index (χ1) is 6.15. The summed E-state index contributed by atoms with van der Waals surface area (Å²) in [6.07, 6.45) is 3.49. The molecule has 1 rings (SSSR count). The molecule has 13 heavy (non-hydrogen) atoms. The Balaban J connectivity index is 2.85. The number of rotatable bonds is 1. The highest BCUT2D eigenvalue weighted by molar-refractivity contribution is 6.06. The SMILES string of the molecule is COC(=O)C=C1C=CCC(O)C1=O. The number of methoxy groups -OCH3 is 1. The van der Waals surface area contributed by atoms with Gasteiger partial charge in [-0.15, -0.1) is 0 Å². The molecule has 0 saturated carbocycles. The average Bonchev–Trinajstić information content (AvgIpc) is 2.13. The van der Waals surface area contributed by atoms with Gasteiger partial charge in [-0.05, 0) is 6.42 Å². The number of aliphatic hydroxyl groups is 1. The summed E-state index contributed by atoms with van der Waals surface area (Å²) in [5.74, 6) is -1.03. The number of hydrogen-bond acceptors (Lipinski definition) is 4. The minimum Gasteiger partial charge on any atom is -0.466 e. The molecule has 0 aliphatic heterocycles. The number of aliphatic hydroxyl groups excluding tert-OH is 1. The number of ketones is 1. The van der Waals surface area contributed by atoms with Gasteiger partial charge in [0.05, 0.1) is 7.11 Å². The first-order valence-electron chi connectivity index (χ1n) is 3.83. The zero-order valence-electron chi connectivity index (χ0n) is 7.19. The average molecular weight is 182 g/mol. The van der Waals surface area contributed by atoms with Gasteiger partial charge in [-0.3, -0.25) is 4.79 Å². The lowest BCUT2D eigenvalue weighted by Crippen LogP contribution is -2.24. The second-order valence-corrected chi connectivity index (χ2v) is 2.64. The van der Waals surface area contributed by atoms with E-state index in [0.717, 1.165) is 6.08 Å². The van der Waals surface area contributed by atoms with E-state index in [9.17, 15) is 9.59 Å². The standard InChI is InChI=1S/C9H10O4/c1-13-8(11)5-6-3-2-4-7(10)9(6)12/h2-3,5,7,10H,4H2,1H3. The minimum atomic E-state index is -1.03. The fourth-order valence-corrected chi connectivity index (χ4v) is 1.01. The van der Waals surface area contributed by atoms with Crippen LogP contribution in [0.1, 0.15) is 6.42 Å². The number of hydrogen-bond donors (Lipinski definition) is 1. The highest BCUT2D eigenvalue weighted by Crippen LogP contribution is 2.12. The summed E-state index contributed by atoms with van der Waals surface area (Å²) >= 11 is 0. The Morgan fingerprint density at radius 2 is 2.46 bits per heavy atom. The van der Waals surface area contributed by atoms with Crippen LogP contribution in [0.15, 0.2) is 23.8 Å². The molecule has 1 unspecified atom stereocenters. The summed E-state index contributed by atoms with van der Waals surface area (Å²) in [7, 11) is 1.23. The fourth-order valence-electron chi connectivity index (χ4n) is 1.01. The van der Waals surface area contributed by atoms with Crippen molar-refractivity contribution in [2.45, 2.75) is 12.5 Å². The van der Waals surface area contributed by atoms with E-state index < -0.39 is 17.9 Å². The van der Waals surface area contributed by atoms with Crippen molar-refractivity contribution in [2.24, 2.45) is 0 Å². The lowest BCUT2D eigenvalue weighted by Gasteiger charge is -2.11. The zero-order chi connectivity index (χ0) is 9.84. The maximum absolute atomic E-state index is 11.2. The number of ether oxygens (including phenoxy) is 1. The van der Waals surface area contributed by atoms with E-state index in [1.807, 2.05) is 0 Å². The van der Waals surface area contributed by atoms with Gasteiger partial charge in [0, 0.05) is 11.6 Å². The third-order valence-corrected chi connectivity index (χ3v) is 1.72. The van der Waals surface area contributed by atoms with E-state index in [1.165, 1.54) is 13.2 Å². The summed E-state index contributed by atoms with van der Waals surface area (Å²) in [6, 6.07) is 0. The van der Waals surface area contributed by atoms with Crippen LogP contribution >= 0.6 is 0 Å². The lowest BCUT2D eigenvalue weighted by molar-refractivity contribution is -0.135. The van der Waals surface area contributed by atoms with Crippen molar-refractivity contribution < 1.29 is 19.4 Å². The molecular weight excluding hydrogens is 172 g/mol. The first-order valence-corrected chi connectivity index (χ1v) is 3.83. The lowest BCUT2D eigenvalue weighted by atomic mass is 9.97. The Bertz CT molecular complexity index is 288. The van der Waals surface area contributed by atoms with E-state index in [2.05, 4.69) is 4.74 Å². The van der Waals surface area contributed by atoms with Crippen molar-refractivity contribution in [2.75, 3.05) is 7.11 Å². The number of allylic oxidation sites excluding steroid dienone is 1. The quantitative estimate of drug-likeness (QED) is 0.457. The van der Waals surface area contributed by atoms with E-state index in [4.69, 9.17) is 5.11 Å². The molecule has 1 aliphatic rings. The van der Waals surface area contributed by atoms with Crippen LogP contribution in [0.3, 0.4) is 0 Å². The molecule has 70 valence electrons. The Morgan fingerprint density at radius 1 is 1.77 bits per heavy atom. The van der Waals surface area contributed by atoms with E-state index in [0.29, 0.717) is 6.42 Å². The summed E-state index contributed by atoms with van der Waals surface area (Å²) in [4.78, 5) is 22.0. The second-order valence-electron chi connectivity index (χ2n) is 2.64. The van der Waals surface area contributed by atoms with E-state index in [-0.39, 0.29) is 5.57 Å². The molecule has 0 radical (unpaired) electrons. The Kier molecular flexibility index (Phi) is 2.97.